The summed E-state index contributed by atoms with van der Waals surface area (Å²) < 4.78 is 16.0. The molecular weight excluding hydrogens is 435 g/mol. The van der Waals surface area contributed by atoms with E-state index in [4.69, 9.17) is 14.0 Å². The number of ether oxygens (including phenoxy) is 2. The zero-order valence-corrected chi connectivity index (χ0v) is 16.9. The quantitative estimate of drug-likeness (QED) is 0.408. The normalized spacial score (nSPS) is 12.9. The first-order valence-corrected chi connectivity index (χ1v) is 7.94. The summed E-state index contributed by atoms with van der Waals surface area (Å²) in [5.41, 5.74) is 2.04. The number of benzene rings is 1. The lowest BCUT2D eigenvalue weighted by Crippen LogP contribution is -2.36. The standard InChI is InChI=1S/C17H22N4O3.HI/c1-11(2)14-7-13(24-21-14)9-20-17(18-3)19-8-12-4-5-15-16(6-12)23-10-22-15;/h4-7,11H,8-10H2,1-3H3,(H2,18,19,20);1H. The maximum atomic E-state index is 5.38. The van der Waals surface area contributed by atoms with Crippen LogP contribution in [0.2, 0.25) is 0 Å². The van der Waals surface area contributed by atoms with Crippen molar-refractivity contribution in [3.05, 3.63) is 41.3 Å². The number of fused-ring (bicyclic) bond motifs is 1. The van der Waals surface area contributed by atoms with Crippen LogP contribution in [0.5, 0.6) is 11.5 Å². The fourth-order valence-corrected chi connectivity index (χ4v) is 2.31. The molecule has 0 unspecified atom stereocenters. The van der Waals surface area contributed by atoms with Crippen LogP contribution in [0.4, 0.5) is 0 Å². The van der Waals surface area contributed by atoms with E-state index in [0.29, 0.717) is 25.0 Å². The van der Waals surface area contributed by atoms with Gasteiger partial charge in [0.05, 0.1) is 12.2 Å². The number of aromatic nitrogens is 1. The second kappa shape index (κ2) is 8.93. The number of guanidine groups is 1. The van der Waals surface area contributed by atoms with Gasteiger partial charge in [0.2, 0.25) is 6.79 Å². The molecule has 3 rings (SSSR count). The molecule has 0 bridgehead atoms. The van der Waals surface area contributed by atoms with Gasteiger partial charge in [-0.1, -0.05) is 25.1 Å². The first-order valence-electron chi connectivity index (χ1n) is 7.94. The highest BCUT2D eigenvalue weighted by atomic mass is 127. The lowest BCUT2D eigenvalue weighted by Gasteiger charge is -2.11. The van der Waals surface area contributed by atoms with Crippen LogP contribution < -0.4 is 20.1 Å². The fraction of sp³-hybridized carbons (Fsp3) is 0.412. The van der Waals surface area contributed by atoms with Crippen LogP contribution in [0.25, 0.3) is 0 Å². The maximum Gasteiger partial charge on any atom is 0.231 e. The lowest BCUT2D eigenvalue weighted by molar-refractivity contribution is 0.174. The van der Waals surface area contributed by atoms with Crippen molar-refractivity contribution in [2.45, 2.75) is 32.9 Å². The summed E-state index contributed by atoms with van der Waals surface area (Å²) in [7, 11) is 1.73. The number of aliphatic imine (C=N–C) groups is 1. The second-order valence-corrected chi connectivity index (χ2v) is 5.84. The minimum absolute atomic E-state index is 0. The van der Waals surface area contributed by atoms with Crippen LogP contribution >= 0.6 is 24.0 Å². The van der Waals surface area contributed by atoms with Crippen LogP contribution in [-0.2, 0) is 13.1 Å². The van der Waals surface area contributed by atoms with E-state index in [-0.39, 0.29) is 30.8 Å². The molecule has 136 valence electrons. The van der Waals surface area contributed by atoms with Crippen LogP contribution in [0.15, 0.2) is 33.8 Å². The first kappa shape index (κ1) is 19.4. The molecule has 1 aromatic heterocycles. The number of nitrogens with zero attached hydrogens (tertiary/aromatic N) is 2. The summed E-state index contributed by atoms with van der Waals surface area (Å²) in [6, 6.07) is 7.84. The molecule has 8 heteroatoms. The van der Waals surface area contributed by atoms with Gasteiger partial charge in [0.25, 0.3) is 0 Å². The Balaban J connectivity index is 0.00000225. The molecule has 2 heterocycles. The third-order valence-corrected chi connectivity index (χ3v) is 3.72. The Hall–Kier alpha value is -1.97. The highest BCUT2D eigenvalue weighted by Gasteiger charge is 2.13. The van der Waals surface area contributed by atoms with E-state index >= 15 is 0 Å². The minimum atomic E-state index is 0. The molecule has 2 N–H and O–H groups in total. The zero-order chi connectivity index (χ0) is 16.9. The summed E-state index contributed by atoms with van der Waals surface area (Å²) >= 11 is 0. The Bertz CT molecular complexity index is 730. The van der Waals surface area contributed by atoms with E-state index < -0.39 is 0 Å². The average molecular weight is 458 g/mol. The average Bonchev–Trinajstić information content (AvgIpc) is 3.23. The number of hydrogen-bond acceptors (Lipinski definition) is 5. The Kier molecular flexibility index (Phi) is 6.91. The molecule has 1 aromatic carbocycles. The second-order valence-electron chi connectivity index (χ2n) is 5.84. The van der Waals surface area contributed by atoms with Crippen molar-refractivity contribution >= 4 is 29.9 Å². The molecule has 0 aliphatic carbocycles. The number of halogens is 1. The van der Waals surface area contributed by atoms with Gasteiger partial charge in [0.15, 0.2) is 23.2 Å². The maximum absolute atomic E-state index is 5.38. The predicted octanol–water partition coefficient (Wildman–Crippen LogP) is 3.01. The van der Waals surface area contributed by atoms with Crippen molar-refractivity contribution in [1.29, 1.82) is 0 Å². The molecule has 1 aliphatic rings. The third kappa shape index (κ3) is 5.00. The first-order chi connectivity index (χ1) is 11.7. The monoisotopic (exact) mass is 458 g/mol. The van der Waals surface area contributed by atoms with E-state index in [1.807, 2.05) is 24.3 Å². The number of rotatable bonds is 5. The van der Waals surface area contributed by atoms with Crippen LogP contribution in [0.1, 0.15) is 36.8 Å². The summed E-state index contributed by atoms with van der Waals surface area (Å²) in [6.45, 7) is 5.61. The third-order valence-electron chi connectivity index (χ3n) is 3.72. The SMILES string of the molecule is CN=C(NCc1ccc2c(c1)OCO2)NCc1cc(C(C)C)no1.I. The van der Waals surface area contributed by atoms with E-state index in [1.54, 1.807) is 7.05 Å². The molecule has 0 atom stereocenters. The molecule has 0 spiro atoms. The number of hydrogen-bond donors (Lipinski definition) is 2. The van der Waals surface area contributed by atoms with Crippen molar-refractivity contribution in [3.63, 3.8) is 0 Å². The summed E-state index contributed by atoms with van der Waals surface area (Å²) in [6.07, 6.45) is 0. The molecule has 0 saturated carbocycles. The van der Waals surface area contributed by atoms with E-state index in [2.05, 4.69) is 34.6 Å². The molecule has 2 aromatic rings. The summed E-state index contributed by atoms with van der Waals surface area (Å²) in [4.78, 5) is 4.21. The molecule has 25 heavy (non-hydrogen) atoms. The summed E-state index contributed by atoms with van der Waals surface area (Å²) in [5.74, 6) is 3.39. The van der Waals surface area contributed by atoms with Crippen LogP contribution in [0, 0.1) is 0 Å². The topological polar surface area (TPSA) is 80.9 Å². The Morgan fingerprint density at radius 1 is 1.16 bits per heavy atom. The van der Waals surface area contributed by atoms with Crippen molar-refractivity contribution in [3.8, 4) is 11.5 Å². The molecule has 7 nitrogen and oxygen atoms in total. The van der Waals surface area contributed by atoms with E-state index in [1.165, 1.54) is 0 Å². The minimum Gasteiger partial charge on any atom is -0.454 e. The Morgan fingerprint density at radius 3 is 2.64 bits per heavy atom. The van der Waals surface area contributed by atoms with Gasteiger partial charge >= 0.3 is 0 Å². The molecule has 1 aliphatic heterocycles. The molecular formula is C17H23IN4O3. The van der Waals surface area contributed by atoms with Gasteiger partial charge in [-0.3, -0.25) is 4.99 Å². The van der Waals surface area contributed by atoms with Crippen molar-refractivity contribution in [2.24, 2.45) is 4.99 Å². The van der Waals surface area contributed by atoms with Crippen LogP contribution in [0.3, 0.4) is 0 Å². The van der Waals surface area contributed by atoms with Crippen molar-refractivity contribution in [2.75, 3.05) is 13.8 Å². The molecule has 0 radical (unpaired) electrons. The van der Waals surface area contributed by atoms with E-state index in [0.717, 1.165) is 28.5 Å². The highest BCUT2D eigenvalue weighted by molar-refractivity contribution is 14.0. The van der Waals surface area contributed by atoms with Gasteiger partial charge < -0.3 is 24.6 Å². The zero-order valence-electron chi connectivity index (χ0n) is 14.5. The van der Waals surface area contributed by atoms with Crippen LogP contribution in [-0.4, -0.2) is 25.0 Å². The van der Waals surface area contributed by atoms with Gasteiger partial charge in [0.1, 0.15) is 0 Å². The van der Waals surface area contributed by atoms with Gasteiger partial charge in [0, 0.05) is 19.7 Å². The number of nitrogens with one attached hydrogen (secondary N) is 2. The van der Waals surface area contributed by atoms with Gasteiger partial charge in [-0.05, 0) is 23.6 Å². The molecule has 0 saturated heterocycles. The smallest absolute Gasteiger partial charge is 0.231 e. The van der Waals surface area contributed by atoms with Gasteiger partial charge in [-0.15, -0.1) is 24.0 Å². The van der Waals surface area contributed by atoms with Crippen molar-refractivity contribution in [1.82, 2.24) is 15.8 Å². The fourth-order valence-electron chi connectivity index (χ4n) is 2.31. The highest BCUT2D eigenvalue weighted by Crippen LogP contribution is 2.32. The van der Waals surface area contributed by atoms with Gasteiger partial charge in [-0.2, -0.15) is 0 Å². The van der Waals surface area contributed by atoms with E-state index in [9.17, 15) is 0 Å². The Morgan fingerprint density at radius 2 is 1.92 bits per heavy atom. The largest absolute Gasteiger partial charge is 0.454 e. The predicted molar refractivity (Wildman–Crippen MR) is 106 cm³/mol. The lowest BCUT2D eigenvalue weighted by atomic mass is 10.1. The van der Waals surface area contributed by atoms with Crippen molar-refractivity contribution < 1.29 is 14.0 Å². The van der Waals surface area contributed by atoms with Gasteiger partial charge in [-0.25, -0.2) is 0 Å². The summed E-state index contributed by atoms with van der Waals surface area (Å²) in [5, 5.41) is 10.5. The molecule has 0 fully saturated rings. The molecule has 0 amide bonds. The Labute approximate surface area is 164 Å².